The van der Waals surface area contributed by atoms with Crippen molar-refractivity contribution in [3.63, 3.8) is 0 Å². The van der Waals surface area contributed by atoms with E-state index in [1.165, 1.54) is 12.1 Å². The fraction of sp³-hybridized carbons (Fsp3) is 0.231. The third-order valence-corrected chi connectivity index (χ3v) is 3.84. The molecule has 0 spiro atoms. The molecule has 2 aromatic rings. The molecule has 0 aliphatic heterocycles. The molecule has 0 radical (unpaired) electrons. The average molecular weight is 350 g/mol. The highest BCUT2D eigenvalue weighted by Crippen LogP contribution is 2.33. The predicted octanol–water partition coefficient (Wildman–Crippen LogP) is 3.97. The second-order valence-electron chi connectivity index (χ2n) is 4.33. The zero-order valence-corrected chi connectivity index (χ0v) is 13.4. The Hall–Kier alpha value is -1.43. The molecular formula is C13H11Cl3N2O3. The maximum Gasteiger partial charge on any atom is 0.339 e. The quantitative estimate of drug-likeness (QED) is 0.907. The number of aryl methyl sites for hydroxylation is 2. The number of hydrogen-bond donors (Lipinski definition) is 1. The lowest BCUT2D eigenvalue weighted by Gasteiger charge is -2.12. The molecule has 21 heavy (non-hydrogen) atoms. The van der Waals surface area contributed by atoms with Crippen molar-refractivity contribution in [3.8, 4) is 5.75 Å². The summed E-state index contributed by atoms with van der Waals surface area (Å²) in [5.74, 6) is -1.13. The highest BCUT2D eigenvalue weighted by atomic mass is 35.5. The van der Waals surface area contributed by atoms with Crippen molar-refractivity contribution >= 4 is 40.8 Å². The molecule has 0 aliphatic rings. The van der Waals surface area contributed by atoms with Gasteiger partial charge in [0.25, 0.3) is 0 Å². The third-order valence-electron chi connectivity index (χ3n) is 2.85. The van der Waals surface area contributed by atoms with Crippen molar-refractivity contribution in [1.82, 2.24) is 9.78 Å². The van der Waals surface area contributed by atoms with Gasteiger partial charge in [0.1, 0.15) is 12.2 Å². The largest absolute Gasteiger partial charge is 0.485 e. The van der Waals surface area contributed by atoms with E-state index in [0.29, 0.717) is 16.4 Å². The molecule has 0 atom stereocenters. The summed E-state index contributed by atoms with van der Waals surface area (Å²) in [6, 6.07) is 2.70. The Labute approximate surface area is 136 Å². The molecule has 0 fully saturated rings. The van der Waals surface area contributed by atoms with Gasteiger partial charge in [0.05, 0.1) is 21.4 Å². The Bertz CT molecular complexity index is 713. The topological polar surface area (TPSA) is 64.4 Å². The van der Waals surface area contributed by atoms with E-state index < -0.39 is 5.97 Å². The van der Waals surface area contributed by atoms with Gasteiger partial charge in [-0.1, -0.05) is 34.8 Å². The average Bonchev–Trinajstić information content (AvgIpc) is 2.62. The smallest absolute Gasteiger partial charge is 0.339 e. The maximum atomic E-state index is 11.2. The van der Waals surface area contributed by atoms with Crippen LogP contribution in [-0.2, 0) is 13.7 Å². The van der Waals surface area contributed by atoms with Gasteiger partial charge in [-0.25, -0.2) is 4.79 Å². The lowest BCUT2D eigenvalue weighted by Crippen LogP contribution is -2.07. The number of benzene rings is 1. The minimum Gasteiger partial charge on any atom is -0.485 e. The number of carboxylic acids is 1. The highest BCUT2D eigenvalue weighted by molar-refractivity contribution is 6.36. The molecule has 0 bridgehead atoms. The Kier molecular flexibility index (Phi) is 4.66. The summed E-state index contributed by atoms with van der Waals surface area (Å²) in [6.45, 7) is 1.81. The molecule has 0 unspecified atom stereocenters. The fourth-order valence-electron chi connectivity index (χ4n) is 1.84. The van der Waals surface area contributed by atoms with Crippen molar-refractivity contribution in [2.24, 2.45) is 7.05 Å². The number of rotatable bonds is 4. The lowest BCUT2D eigenvalue weighted by molar-refractivity contribution is 0.0691. The third kappa shape index (κ3) is 3.26. The first-order valence-electron chi connectivity index (χ1n) is 5.84. The number of carboxylic acid groups (broad SMARTS) is 1. The summed E-state index contributed by atoms with van der Waals surface area (Å²) in [7, 11) is 1.72. The molecule has 112 valence electrons. The molecule has 2 rings (SSSR count). The molecule has 0 amide bonds. The van der Waals surface area contributed by atoms with E-state index in [2.05, 4.69) is 5.10 Å². The normalized spacial score (nSPS) is 10.7. The molecule has 1 N–H and O–H groups in total. The van der Waals surface area contributed by atoms with E-state index >= 15 is 0 Å². The summed E-state index contributed by atoms with van der Waals surface area (Å²) in [4.78, 5) is 11.2. The van der Waals surface area contributed by atoms with Gasteiger partial charge >= 0.3 is 5.97 Å². The zero-order valence-electron chi connectivity index (χ0n) is 11.2. The van der Waals surface area contributed by atoms with Crippen molar-refractivity contribution in [2.75, 3.05) is 0 Å². The molecule has 1 aromatic carbocycles. The second-order valence-corrected chi connectivity index (χ2v) is 5.55. The van der Waals surface area contributed by atoms with Crippen LogP contribution in [0.5, 0.6) is 5.75 Å². The SMILES string of the molecule is Cc1nn(C)c(COc2c(Cl)cc(Cl)cc2C(=O)O)c1Cl. The number of ether oxygens (including phenoxy) is 1. The number of halogens is 3. The zero-order chi connectivity index (χ0) is 15.7. The summed E-state index contributed by atoms with van der Waals surface area (Å²) in [5, 5.41) is 14.1. The molecule has 0 saturated carbocycles. The van der Waals surface area contributed by atoms with Gasteiger partial charge in [-0.3, -0.25) is 4.68 Å². The van der Waals surface area contributed by atoms with Crippen LogP contribution in [0.25, 0.3) is 0 Å². The molecule has 1 heterocycles. The van der Waals surface area contributed by atoms with Crippen LogP contribution in [0, 0.1) is 6.92 Å². The van der Waals surface area contributed by atoms with Gasteiger partial charge in [-0.05, 0) is 19.1 Å². The number of carbonyl (C=O) groups is 1. The maximum absolute atomic E-state index is 11.2. The summed E-state index contributed by atoms with van der Waals surface area (Å²) in [5.41, 5.74) is 1.18. The highest BCUT2D eigenvalue weighted by Gasteiger charge is 2.18. The fourth-order valence-corrected chi connectivity index (χ4v) is 2.61. The Morgan fingerprint density at radius 3 is 2.57 bits per heavy atom. The minimum atomic E-state index is -1.18. The predicted molar refractivity (Wildman–Crippen MR) is 80.7 cm³/mol. The number of aromatic carboxylic acids is 1. The first-order valence-corrected chi connectivity index (χ1v) is 6.97. The van der Waals surface area contributed by atoms with Gasteiger partial charge in [0, 0.05) is 12.1 Å². The van der Waals surface area contributed by atoms with Gasteiger partial charge in [-0.15, -0.1) is 0 Å². The van der Waals surface area contributed by atoms with E-state index in [4.69, 9.17) is 39.5 Å². The Balaban J connectivity index is 2.34. The van der Waals surface area contributed by atoms with Crippen LogP contribution in [0.4, 0.5) is 0 Å². The minimum absolute atomic E-state index is 0.0395. The van der Waals surface area contributed by atoms with Crippen LogP contribution < -0.4 is 4.74 Å². The first kappa shape index (κ1) is 15.9. The molecule has 8 heteroatoms. The van der Waals surface area contributed by atoms with Crippen molar-refractivity contribution in [3.05, 3.63) is 44.2 Å². The Morgan fingerprint density at radius 1 is 1.38 bits per heavy atom. The summed E-state index contributed by atoms with van der Waals surface area (Å²) < 4.78 is 7.10. The molecule has 0 saturated heterocycles. The van der Waals surface area contributed by atoms with Crippen LogP contribution in [-0.4, -0.2) is 20.9 Å². The van der Waals surface area contributed by atoms with Crippen LogP contribution >= 0.6 is 34.8 Å². The molecular weight excluding hydrogens is 339 g/mol. The summed E-state index contributed by atoms with van der Waals surface area (Å²) >= 11 is 17.9. The van der Waals surface area contributed by atoms with Gasteiger partial charge in [-0.2, -0.15) is 5.10 Å². The Morgan fingerprint density at radius 2 is 2.05 bits per heavy atom. The standard InChI is InChI=1S/C13H11Cl3N2O3/c1-6-11(16)10(18(2)17-6)5-21-12-8(13(19)20)3-7(14)4-9(12)15/h3-4H,5H2,1-2H3,(H,19,20). The van der Waals surface area contributed by atoms with Gasteiger partial charge in [0.2, 0.25) is 0 Å². The van der Waals surface area contributed by atoms with Crippen LogP contribution in [0.1, 0.15) is 21.7 Å². The van der Waals surface area contributed by atoms with Gasteiger partial charge < -0.3 is 9.84 Å². The van der Waals surface area contributed by atoms with Gasteiger partial charge in [0.15, 0.2) is 5.75 Å². The van der Waals surface area contributed by atoms with E-state index in [0.717, 1.165) is 0 Å². The van der Waals surface area contributed by atoms with Crippen molar-refractivity contribution in [1.29, 1.82) is 0 Å². The van der Waals surface area contributed by atoms with Crippen molar-refractivity contribution in [2.45, 2.75) is 13.5 Å². The molecule has 5 nitrogen and oxygen atoms in total. The monoisotopic (exact) mass is 348 g/mol. The van der Waals surface area contributed by atoms with E-state index in [-0.39, 0.29) is 28.0 Å². The lowest BCUT2D eigenvalue weighted by atomic mass is 10.2. The van der Waals surface area contributed by atoms with E-state index in [1.807, 2.05) is 0 Å². The van der Waals surface area contributed by atoms with E-state index in [1.54, 1.807) is 18.7 Å². The van der Waals surface area contributed by atoms with E-state index in [9.17, 15) is 9.90 Å². The number of aromatic nitrogens is 2. The molecule has 0 aliphatic carbocycles. The summed E-state index contributed by atoms with van der Waals surface area (Å²) in [6.07, 6.45) is 0. The number of hydrogen-bond acceptors (Lipinski definition) is 3. The number of nitrogens with zero attached hydrogens (tertiary/aromatic N) is 2. The van der Waals surface area contributed by atoms with Crippen LogP contribution in [0.2, 0.25) is 15.1 Å². The van der Waals surface area contributed by atoms with Crippen LogP contribution in [0.3, 0.4) is 0 Å². The molecule has 1 aromatic heterocycles. The first-order chi connectivity index (χ1) is 9.81. The second kappa shape index (κ2) is 6.13. The van der Waals surface area contributed by atoms with Crippen molar-refractivity contribution < 1.29 is 14.6 Å². The van der Waals surface area contributed by atoms with Crippen LogP contribution in [0.15, 0.2) is 12.1 Å².